The Morgan fingerprint density at radius 3 is 2.50 bits per heavy atom. The molecule has 0 fully saturated rings. The average Bonchev–Trinajstić information content (AvgIpc) is 3.02. The fourth-order valence-electron chi connectivity index (χ4n) is 1.75. The van der Waals surface area contributed by atoms with Crippen LogP contribution in [0.5, 0.6) is 0 Å². The summed E-state index contributed by atoms with van der Waals surface area (Å²) in [6.07, 6.45) is 6.32. The lowest BCUT2D eigenvalue weighted by atomic mass is 9.98. The fourth-order valence-corrected chi connectivity index (χ4v) is 2.62. The minimum absolute atomic E-state index is 0.00787. The van der Waals surface area contributed by atoms with Crippen molar-refractivity contribution >= 4 is 35.0 Å². The highest BCUT2D eigenvalue weighted by molar-refractivity contribution is 7.12. The molecule has 0 unspecified atom stereocenters. The Morgan fingerprint density at radius 1 is 1.21 bits per heavy atom. The third kappa shape index (κ3) is 4.73. The Morgan fingerprint density at radius 2 is 1.96 bits per heavy atom. The smallest absolute Gasteiger partial charge is 0.356 e. The summed E-state index contributed by atoms with van der Waals surface area (Å²) in [6, 6.07) is 3.08. The van der Waals surface area contributed by atoms with Crippen LogP contribution in [0.2, 0.25) is 0 Å². The van der Waals surface area contributed by atoms with Crippen LogP contribution in [-0.2, 0) is 14.9 Å². The van der Waals surface area contributed by atoms with Gasteiger partial charge in [0.05, 0.1) is 24.0 Å². The third-order valence-electron chi connectivity index (χ3n) is 2.99. The van der Waals surface area contributed by atoms with Gasteiger partial charge in [-0.25, -0.2) is 14.8 Å². The van der Waals surface area contributed by atoms with Gasteiger partial charge in [0.15, 0.2) is 0 Å². The molecular formula is C17H19N3O3S. The number of ether oxygens (including phenoxy) is 1. The topological polar surface area (TPSA) is 81.2 Å². The van der Waals surface area contributed by atoms with Crippen molar-refractivity contribution in [1.82, 2.24) is 9.97 Å². The lowest BCUT2D eigenvalue weighted by Gasteiger charge is -2.13. The van der Waals surface area contributed by atoms with E-state index in [9.17, 15) is 9.59 Å². The summed E-state index contributed by atoms with van der Waals surface area (Å²) in [5.74, 6) is -0.805. The Labute approximate surface area is 144 Å². The van der Waals surface area contributed by atoms with Gasteiger partial charge in [-0.15, -0.1) is 11.3 Å². The second-order valence-corrected chi connectivity index (χ2v) is 7.13. The summed E-state index contributed by atoms with van der Waals surface area (Å²) in [6.45, 7) is 6.28. The zero-order valence-electron chi connectivity index (χ0n) is 14.0. The summed E-state index contributed by atoms with van der Waals surface area (Å²) in [5, 5.41) is 3.70. The van der Waals surface area contributed by atoms with Gasteiger partial charge in [-0.2, -0.15) is 0 Å². The summed E-state index contributed by atoms with van der Waals surface area (Å²) >= 11 is 1.55. The molecule has 1 N–H and O–H groups in total. The minimum atomic E-state index is -0.521. The summed E-state index contributed by atoms with van der Waals surface area (Å²) in [4.78, 5) is 32.4. The van der Waals surface area contributed by atoms with Crippen LogP contribution >= 0.6 is 11.3 Å². The number of rotatable bonds is 4. The van der Waals surface area contributed by atoms with Gasteiger partial charge in [0, 0.05) is 22.6 Å². The average molecular weight is 345 g/mol. The number of nitrogens with zero attached hydrogens (tertiary/aromatic N) is 2. The summed E-state index contributed by atoms with van der Waals surface area (Å²) in [5.41, 5.74) is 0.675. The number of amides is 1. The van der Waals surface area contributed by atoms with Crippen LogP contribution in [0.4, 0.5) is 5.69 Å². The van der Waals surface area contributed by atoms with E-state index in [-0.39, 0.29) is 17.0 Å². The molecule has 0 atom stereocenters. The Balaban J connectivity index is 1.97. The third-order valence-corrected chi connectivity index (χ3v) is 4.38. The van der Waals surface area contributed by atoms with Crippen LogP contribution < -0.4 is 5.32 Å². The number of carbonyl (C=O) groups is 2. The number of nitrogens with one attached hydrogen (secondary N) is 1. The van der Waals surface area contributed by atoms with Gasteiger partial charge in [0.1, 0.15) is 5.69 Å². The lowest BCUT2D eigenvalue weighted by Crippen LogP contribution is -2.09. The zero-order chi connectivity index (χ0) is 17.7. The molecule has 0 spiro atoms. The number of anilines is 1. The Bertz CT molecular complexity index is 758. The zero-order valence-corrected chi connectivity index (χ0v) is 14.8. The predicted octanol–water partition coefficient (Wildman–Crippen LogP) is 3.27. The number of pyridine rings is 1. The van der Waals surface area contributed by atoms with E-state index in [1.54, 1.807) is 29.7 Å². The van der Waals surface area contributed by atoms with E-state index in [0.29, 0.717) is 5.69 Å². The van der Waals surface area contributed by atoms with Crippen molar-refractivity contribution in [3.05, 3.63) is 46.2 Å². The minimum Gasteiger partial charge on any atom is -0.464 e. The number of hydrogen-bond donors (Lipinski definition) is 1. The van der Waals surface area contributed by atoms with E-state index in [0.717, 1.165) is 9.88 Å². The first-order valence-electron chi connectivity index (χ1n) is 7.29. The SMILES string of the molecule is COC(=O)c1ccc(NC(=O)C=Cc2cnc(C(C)(C)C)s2)cn1. The van der Waals surface area contributed by atoms with Crippen molar-refractivity contribution in [1.29, 1.82) is 0 Å². The van der Waals surface area contributed by atoms with Crippen LogP contribution in [0.1, 0.15) is 41.1 Å². The molecule has 0 saturated carbocycles. The lowest BCUT2D eigenvalue weighted by molar-refractivity contribution is -0.111. The van der Waals surface area contributed by atoms with E-state index in [4.69, 9.17) is 0 Å². The first kappa shape index (κ1) is 17.8. The molecule has 2 rings (SSSR count). The highest BCUT2D eigenvalue weighted by atomic mass is 32.1. The van der Waals surface area contributed by atoms with Gasteiger partial charge in [-0.1, -0.05) is 20.8 Å². The molecule has 0 radical (unpaired) electrons. The molecular weight excluding hydrogens is 326 g/mol. The fraction of sp³-hybridized carbons (Fsp3) is 0.294. The molecule has 2 aromatic rings. The van der Waals surface area contributed by atoms with E-state index in [1.807, 2.05) is 0 Å². The summed E-state index contributed by atoms with van der Waals surface area (Å²) in [7, 11) is 1.29. The molecule has 0 bridgehead atoms. The normalized spacial score (nSPS) is 11.5. The quantitative estimate of drug-likeness (QED) is 0.679. The number of thiazole rings is 1. The number of aromatic nitrogens is 2. The van der Waals surface area contributed by atoms with Crippen molar-refractivity contribution in [2.24, 2.45) is 0 Å². The van der Waals surface area contributed by atoms with Crippen LogP contribution in [0.25, 0.3) is 6.08 Å². The monoisotopic (exact) mass is 345 g/mol. The molecule has 24 heavy (non-hydrogen) atoms. The van der Waals surface area contributed by atoms with Gasteiger partial charge >= 0.3 is 5.97 Å². The second-order valence-electron chi connectivity index (χ2n) is 6.06. The molecule has 0 aromatic carbocycles. The van der Waals surface area contributed by atoms with Crippen LogP contribution in [-0.4, -0.2) is 29.0 Å². The van der Waals surface area contributed by atoms with Crippen molar-refractivity contribution in [3.8, 4) is 0 Å². The van der Waals surface area contributed by atoms with Crippen molar-refractivity contribution in [2.75, 3.05) is 12.4 Å². The maximum atomic E-state index is 11.9. The molecule has 0 aliphatic rings. The first-order chi connectivity index (χ1) is 11.3. The molecule has 1 amide bonds. The molecule has 6 nitrogen and oxygen atoms in total. The molecule has 126 valence electrons. The number of methoxy groups -OCH3 is 1. The van der Waals surface area contributed by atoms with E-state index in [1.165, 1.54) is 25.4 Å². The van der Waals surface area contributed by atoms with E-state index < -0.39 is 5.97 Å². The highest BCUT2D eigenvalue weighted by Crippen LogP contribution is 2.27. The molecule has 0 saturated heterocycles. The largest absolute Gasteiger partial charge is 0.464 e. The van der Waals surface area contributed by atoms with Crippen molar-refractivity contribution in [3.63, 3.8) is 0 Å². The second kappa shape index (κ2) is 7.35. The standard InChI is InChI=1S/C17H19N3O3S/c1-17(2,3)16-19-10-12(24-16)6-8-14(21)20-11-5-7-13(18-9-11)15(22)23-4/h5-10H,1-4H3,(H,20,21). The predicted molar refractivity (Wildman–Crippen MR) is 94.1 cm³/mol. The molecule has 2 aromatic heterocycles. The first-order valence-corrected chi connectivity index (χ1v) is 8.11. The van der Waals surface area contributed by atoms with Gasteiger partial charge in [0.2, 0.25) is 5.91 Å². The van der Waals surface area contributed by atoms with Crippen LogP contribution in [0, 0.1) is 0 Å². The van der Waals surface area contributed by atoms with Gasteiger partial charge in [0.25, 0.3) is 0 Å². The number of hydrogen-bond acceptors (Lipinski definition) is 6. The number of carbonyl (C=O) groups excluding carboxylic acids is 2. The molecule has 0 aliphatic heterocycles. The Hall–Kier alpha value is -2.54. The van der Waals surface area contributed by atoms with Gasteiger partial charge in [-0.05, 0) is 18.2 Å². The number of esters is 1. The summed E-state index contributed by atoms with van der Waals surface area (Å²) < 4.78 is 4.57. The van der Waals surface area contributed by atoms with Crippen LogP contribution in [0.15, 0.2) is 30.6 Å². The van der Waals surface area contributed by atoms with Gasteiger partial charge < -0.3 is 10.1 Å². The maximum Gasteiger partial charge on any atom is 0.356 e. The van der Waals surface area contributed by atoms with Crippen molar-refractivity contribution < 1.29 is 14.3 Å². The molecule has 7 heteroatoms. The van der Waals surface area contributed by atoms with E-state index >= 15 is 0 Å². The highest BCUT2D eigenvalue weighted by Gasteiger charge is 2.17. The molecule has 2 heterocycles. The maximum absolute atomic E-state index is 11.9. The molecule has 0 aliphatic carbocycles. The van der Waals surface area contributed by atoms with Crippen molar-refractivity contribution in [2.45, 2.75) is 26.2 Å². The van der Waals surface area contributed by atoms with E-state index in [2.05, 4.69) is 40.8 Å². The Kier molecular flexibility index (Phi) is 5.46. The van der Waals surface area contributed by atoms with Crippen LogP contribution in [0.3, 0.4) is 0 Å². The van der Waals surface area contributed by atoms with Gasteiger partial charge in [-0.3, -0.25) is 4.79 Å².